The van der Waals surface area contributed by atoms with Crippen molar-refractivity contribution in [1.29, 1.82) is 0 Å². The van der Waals surface area contributed by atoms with Crippen LogP contribution < -0.4 is 5.32 Å². The lowest BCUT2D eigenvalue weighted by molar-refractivity contribution is -0.121. The molecule has 0 aliphatic carbocycles. The summed E-state index contributed by atoms with van der Waals surface area (Å²) in [5, 5.41) is 3.98. The van der Waals surface area contributed by atoms with Crippen molar-refractivity contribution in [1.82, 2.24) is 5.32 Å². The predicted octanol–water partition coefficient (Wildman–Crippen LogP) is 4.27. The Bertz CT molecular complexity index is 669. The Morgan fingerprint density at radius 2 is 1.64 bits per heavy atom. The zero-order valence-corrected chi connectivity index (χ0v) is 13.3. The van der Waals surface area contributed by atoms with Crippen molar-refractivity contribution in [3.8, 4) is 0 Å². The minimum atomic E-state index is -0.165. The molecule has 0 fully saturated rings. The van der Waals surface area contributed by atoms with Crippen molar-refractivity contribution >= 4 is 34.9 Å². The van der Waals surface area contributed by atoms with Crippen molar-refractivity contribution in [2.24, 2.45) is 0 Å². The number of ketones is 1. The molecule has 0 saturated carbocycles. The molecule has 1 N–H and O–H groups in total. The van der Waals surface area contributed by atoms with Crippen LogP contribution in [0.1, 0.15) is 28.8 Å². The van der Waals surface area contributed by atoms with Crippen molar-refractivity contribution in [3.05, 3.63) is 69.7 Å². The van der Waals surface area contributed by atoms with E-state index in [1.54, 1.807) is 36.4 Å². The first-order chi connectivity index (χ1) is 10.5. The van der Waals surface area contributed by atoms with E-state index in [9.17, 15) is 9.59 Å². The molecule has 0 atom stereocenters. The van der Waals surface area contributed by atoms with Crippen LogP contribution in [-0.4, -0.2) is 11.7 Å². The normalized spacial score (nSPS) is 10.3. The quantitative estimate of drug-likeness (QED) is 0.801. The molecule has 2 aromatic carbocycles. The number of carbonyl (C=O) groups excluding carboxylic acids is 2. The maximum atomic E-state index is 11.9. The standard InChI is InChI=1S/C17H15Cl2NO2/c18-14-6-4-13(5-7-14)16(21)8-9-17(22)20-11-12-2-1-3-15(19)10-12/h1-7,10H,8-9,11H2,(H,20,22). The molecule has 2 rings (SSSR count). The van der Waals surface area contributed by atoms with E-state index in [-0.39, 0.29) is 24.5 Å². The van der Waals surface area contributed by atoms with E-state index in [1.165, 1.54) is 0 Å². The van der Waals surface area contributed by atoms with Gasteiger partial charge in [0.2, 0.25) is 5.91 Å². The van der Waals surface area contributed by atoms with Gasteiger partial charge in [0.1, 0.15) is 0 Å². The van der Waals surface area contributed by atoms with E-state index < -0.39 is 0 Å². The SMILES string of the molecule is O=C(CCC(=O)c1ccc(Cl)cc1)NCc1cccc(Cl)c1. The summed E-state index contributed by atoms with van der Waals surface area (Å²) in [6.07, 6.45) is 0.324. The van der Waals surface area contributed by atoms with Gasteiger partial charge in [-0.05, 0) is 42.0 Å². The number of rotatable bonds is 6. The van der Waals surface area contributed by atoms with Gasteiger partial charge in [0.15, 0.2) is 5.78 Å². The number of Topliss-reactive ketones (excluding diaryl/α,β-unsaturated/α-hetero) is 1. The number of benzene rings is 2. The predicted molar refractivity (Wildman–Crippen MR) is 88.3 cm³/mol. The van der Waals surface area contributed by atoms with Crippen molar-refractivity contribution in [2.75, 3.05) is 0 Å². The summed E-state index contributed by atoms with van der Waals surface area (Å²) in [6.45, 7) is 0.397. The number of hydrogen-bond donors (Lipinski definition) is 1. The van der Waals surface area contributed by atoms with Crippen LogP contribution in [0.2, 0.25) is 10.0 Å². The lowest BCUT2D eigenvalue weighted by atomic mass is 10.1. The van der Waals surface area contributed by atoms with Gasteiger partial charge in [0, 0.05) is 35.0 Å². The summed E-state index contributed by atoms with van der Waals surface area (Å²) in [6, 6.07) is 13.9. The van der Waals surface area contributed by atoms with Gasteiger partial charge in [0.25, 0.3) is 0 Å². The molecule has 0 saturated heterocycles. The van der Waals surface area contributed by atoms with Crippen molar-refractivity contribution in [3.63, 3.8) is 0 Å². The van der Waals surface area contributed by atoms with E-state index in [0.29, 0.717) is 22.2 Å². The lowest BCUT2D eigenvalue weighted by Crippen LogP contribution is -2.23. The lowest BCUT2D eigenvalue weighted by Gasteiger charge is -2.06. The van der Waals surface area contributed by atoms with Crippen LogP contribution in [0.15, 0.2) is 48.5 Å². The van der Waals surface area contributed by atoms with E-state index in [4.69, 9.17) is 23.2 Å². The third-order valence-corrected chi connectivity index (χ3v) is 3.61. The van der Waals surface area contributed by atoms with E-state index >= 15 is 0 Å². The van der Waals surface area contributed by atoms with E-state index in [0.717, 1.165) is 5.56 Å². The molecule has 1 amide bonds. The number of nitrogens with one attached hydrogen (secondary N) is 1. The number of amides is 1. The van der Waals surface area contributed by atoms with Gasteiger partial charge in [-0.2, -0.15) is 0 Å². The fourth-order valence-electron chi connectivity index (χ4n) is 1.94. The van der Waals surface area contributed by atoms with Crippen molar-refractivity contribution < 1.29 is 9.59 Å². The van der Waals surface area contributed by atoms with Crippen LogP contribution in [0.5, 0.6) is 0 Å². The van der Waals surface area contributed by atoms with E-state index in [2.05, 4.69) is 5.32 Å². The molecule has 5 heteroatoms. The maximum Gasteiger partial charge on any atom is 0.220 e. The summed E-state index contributed by atoms with van der Waals surface area (Å²) in [5.41, 5.74) is 1.48. The van der Waals surface area contributed by atoms with Gasteiger partial charge < -0.3 is 5.32 Å². The molecular weight excluding hydrogens is 321 g/mol. The molecule has 2 aromatic rings. The van der Waals surface area contributed by atoms with Crippen LogP contribution in [0.3, 0.4) is 0 Å². The minimum absolute atomic E-state index is 0.0745. The second-order valence-electron chi connectivity index (χ2n) is 4.84. The van der Waals surface area contributed by atoms with Gasteiger partial charge in [-0.25, -0.2) is 0 Å². The molecule has 0 aliphatic heterocycles. The molecule has 3 nitrogen and oxygen atoms in total. The molecule has 114 valence electrons. The monoisotopic (exact) mass is 335 g/mol. The van der Waals surface area contributed by atoms with Crippen LogP contribution in [0.4, 0.5) is 0 Å². The molecule has 0 aromatic heterocycles. The van der Waals surface area contributed by atoms with E-state index in [1.807, 2.05) is 12.1 Å². The molecule has 0 unspecified atom stereocenters. The number of hydrogen-bond acceptors (Lipinski definition) is 2. The fourth-order valence-corrected chi connectivity index (χ4v) is 2.28. The third kappa shape index (κ3) is 5.17. The fraction of sp³-hybridized carbons (Fsp3) is 0.176. The Labute approximate surface area is 139 Å². The Balaban J connectivity index is 1.78. The highest BCUT2D eigenvalue weighted by Gasteiger charge is 2.09. The zero-order chi connectivity index (χ0) is 15.9. The van der Waals surface area contributed by atoms with Crippen LogP contribution in [0, 0.1) is 0 Å². The first-order valence-corrected chi connectivity index (χ1v) is 7.60. The molecule has 0 radical (unpaired) electrons. The summed E-state index contributed by atoms with van der Waals surface area (Å²) < 4.78 is 0. The molecule has 0 spiro atoms. The van der Waals surface area contributed by atoms with Gasteiger partial charge >= 0.3 is 0 Å². The average molecular weight is 336 g/mol. The minimum Gasteiger partial charge on any atom is -0.352 e. The highest BCUT2D eigenvalue weighted by atomic mass is 35.5. The van der Waals surface area contributed by atoms with Crippen molar-refractivity contribution in [2.45, 2.75) is 19.4 Å². The maximum absolute atomic E-state index is 11.9. The van der Waals surface area contributed by atoms with Crippen LogP contribution >= 0.6 is 23.2 Å². The Kier molecular flexibility index (Phi) is 5.99. The second-order valence-corrected chi connectivity index (χ2v) is 5.71. The second kappa shape index (κ2) is 7.97. The molecule has 0 heterocycles. The summed E-state index contributed by atoms with van der Waals surface area (Å²) in [4.78, 5) is 23.7. The largest absolute Gasteiger partial charge is 0.352 e. The summed E-state index contributed by atoms with van der Waals surface area (Å²) in [5.74, 6) is -0.239. The smallest absolute Gasteiger partial charge is 0.220 e. The average Bonchev–Trinajstić information content (AvgIpc) is 2.51. The highest BCUT2D eigenvalue weighted by molar-refractivity contribution is 6.30. The first-order valence-electron chi connectivity index (χ1n) is 6.84. The van der Waals surface area contributed by atoms with Gasteiger partial charge in [-0.15, -0.1) is 0 Å². The van der Waals surface area contributed by atoms with Gasteiger partial charge in [-0.1, -0.05) is 35.3 Å². The Morgan fingerprint density at radius 3 is 2.32 bits per heavy atom. The van der Waals surface area contributed by atoms with Gasteiger partial charge in [-0.3, -0.25) is 9.59 Å². The van der Waals surface area contributed by atoms with Crippen LogP contribution in [0.25, 0.3) is 0 Å². The zero-order valence-electron chi connectivity index (χ0n) is 11.8. The van der Waals surface area contributed by atoms with Gasteiger partial charge in [0.05, 0.1) is 0 Å². The Hall–Kier alpha value is -1.84. The molecule has 0 aliphatic rings. The topological polar surface area (TPSA) is 46.2 Å². The third-order valence-electron chi connectivity index (χ3n) is 3.12. The molecular formula is C17H15Cl2NO2. The number of halogens is 2. The summed E-state index contributed by atoms with van der Waals surface area (Å²) >= 11 is 11.6. The number of carbonyl (C=O) groups is 2. The summed E-state index contributed by atoms with van der Waals surface area (Å²) in [7, 11) is 0. The molecule has 22 heavy (non-hydrogen) atoms. The van der Waals surface area contributed by atoms with Crippen LogP contribution in [-0.2, 0) is 11.3 Å². The molecule has 0 bridgehead atoms. The first kappa shape index (κ1) is 16.5. The highest BCUT2D eigenvalue weighted by Crippen LogP contribution is 2.12. The Morgan fingerprint density at radius 1 is 0.909 bits per heavy atom.